The Morgan fingerprint density at radius 3 is 0.957 bits per heavy atom. The Balaban J connectivity index is 5.71. The smallest absolute Gasteiger partial charge is 0.298 e. The SMILES string of the molecule is CCC(CC)(C(=O)CC(=O)C(CC)(CC)C(F)(F)F)C(F)(F)F. The Labute approximate surface area is 131 Å². The summed E-state index contributed by atoms with van der Waals surface area (Å²) in [5, 5.41) is 0. The van der Waals surface area contributed by atoms with E-state index in [1.54, 1.807) is 0 Å². The van der Waals surface area contributed by atoms with Gasteiger partial charge in [0.05, 0.1) is 6.42 Å². The Bertz CT molecular complexity index is 388. The van der Waals surface area contributed by atoms with Gasteiger partial charge in [0, 0.05) is 0 Å². The summed E-state index contributed by atoms with van der Waals surface area (Å²) in [4.78, 5) is 24.2. The third-order valence-electron chi connectivity index (χ3n) is 4.89. The molecule has 0 bridgehead atoms. The molecule has 0 heterocycles. The van der Waals surface area contributed by atoms with E-state index in [4.69, 9.17) is 0 Å². The third-order valence-corrected chi connectivity index (χ3v) is 4.89. The standard InChI is InChI=1S/C15H22F6O2/c1-5-12(6-2,14(16,17)18)10(22)9-11(23)13(7-3,8-4)15(19,20)21/h5-9H2,1-4H3. The molecule has 0 aromatic carbocycles. The molecular formula is C15H22F6O2. The lowest BCUT2D eigenvalue weighted by molar-refractivity contribution is -0.227. The van der Waals surface area contributed by atoms with Gasteiger partial charge in [0.1, 0.15) is 10.8 Å². The number of hydrogen-bond donors (Lipinski definition) is 0. The first-order valence-corrected chi connectivity index (χ1v) is 7.49. The molecule has 0 N–H and O–H groups in total. The van der Waals surface area contributed by atoms with Crippen LogP contribution in [0, 0.1) is 10.8 Å². The minimum atomic E-state index is -4.91. The lowest BCUT2D eigenvalue weighted by Crippen LogP contribution is -2.49. The summed E-state index contributed by atoms with van der Waals surface area (Å²) in [6.45, 7) is 4.54. The number of carbonyl (C=O) groups excluding carboxylic acids is 2. The highest BCUT2D eigenvalue weighted by Crippen LogP contribution is 2.48. The normalized spacial score (nSPS) is 14.0. The zero-order chi connectivity index (χ0) is 18.7. The molecule has 23 heavy (non-hydrogen) atoms. The number of alkyl halides is 6. The van der Waals surface area contributed by atoms with Crippen molar-refractivity contribution < 1.29 is 35.9 Å². The van der Waals surface area contributed by atoms with E-state index in [0.717, 1.165) is 27.7 Å². The molecule has 0 aliphatic heterocycles. The summed E-state index contributed by atoms with van der Waals surface area (Å²) in [5.41, 5.74) is -5.55. The van der Waals surface area contributed by atoms with Crippen molar-refractivity contribution in [2.75, 3.05) is 0 Å². The first kappa shape index (κ1) is 21.9. The van der Waals surface area contributed by atoms with Crippen LogP contribution in [-0.2, 0) is 9.59 Å². The fourth-order valence-corrected chi connectivity index (χ4v) is 2.89. The molecule has 0 unspecified atom stereocenters. The highest BCUT2D eigenvalue weighted by Gasteiger charge is 2.61. The van der Waals surface area contributed by atoms with Gasteiger partial charge in [0.15, 0.2) is 11.6 Å². The number of hydrogen-bond acceptors (Lipinski definition) is 2. The molecule has 0 aromatic heterocycles. The van der Waals surface area contributed by atoms with Crippen LogP contribution in [0.15, 0.2) is 0 Å². The average molecular weight is 348 g/mol. The molecule has 0 aromatic rings. The number of rotatable bonds is 8. The molecule has 8 heteroatoms. The highest BCUT2D eigenvalue weighted by molar-refractivity contribution is 6.04. The van der Waals surface area contributed by atoms with E-state index in [0.29, 0.717) is 0 Å². The van der Waals surface area contributed by atoms with Gasteiger partial charge in [-0.15, -0.1) is 0 Å². The van der Waals surface area contributed by atoms with Gasteiger partial charge < -0.3 is 0 Å². The van der Waals surface area contributed by atoms with Gasteiger partial charge in [0.2, 0.25) is 0 Å². The molecule has 0 saturated carbocycles. The molecule has 136 valence electrons. The van der Waals surface area contributed by atoms with Crippen LogP contribution in [0.4, 0.5) is 26.3 Å². The second kappa shape index (κ2) is 7.21. The first-order chi connectivity index (χ1) is 10.3. The van der Waals surface area contributed by atoms with Crippen LogP contribution in [0.1, 0.15) is 59.8 Å². The number of carbonyl (C=O) groups is 2. The van der Waals surface area contributed by atoms with Crippen LogP contribution in [0.2, 0.25) is 0 Å². The highest BCUT2D eigenvalue weighted by atomic mass is 19.4. The van der Waals surface area contributed by atoms with Crippen molar-refractivity contribution in [2.24, 2.45) is 10.8 Å². The minimum Gasteiger partial charge on any atom is -0.298 e. The lowest BCUT2D eigenvalue weighted by Gasteiger charge is -2.35. The fraction of sp³-hybridized carbons (Fsp3) is 0.867. The Kier molecular flexibility index (Phi) is 6.88. The van der Waals surface area contributed by atoms with E-state index >= 15 is 0 Å². The number of ketones is 2. The fourth-order valence-electron chi connectivity index (χ4n) is 2.89. The number of Topliss-reactive ketones (excluding diaryl/α,β-unsaturated/α-hetero) is 2. The zero-order valence-corrected chi connectivity index (χ0v) is 13.6. The second-order valence-electron chi connectivity index (χ2n) is 5.60. The zero-order valence-electron chi connectivity index (χ0n) is 13.6. The maximum Gasteiger partial charge on any atom is 0.401 e. The molecule has 0 fully saturated rings. The van der Waals surface area contributed by atoms with Crippen LogP contribution >= 0.6 is 0 Å². The molecule has 0 aliphatic rings. The van der Waals surface area contributed by atoms with Gasteiger partial charge in [-0.25, -0.2) is 0 Å². The molecule has 0 atom stereocenters. The van der Waals surface area contributed by atoms with Crippen molar-refractivity contribution in [1.29, 1.82) is 0 Å². The van der Waals surface area contributed by atoms with Gasteiger partial charge in [-0.3, -0.25) is 9.59 Å². The second-order valence-corrected chi connectivity index (χ2v) is 5.60. The predicted octanol–water partition coefficient (Wildman–Crippen LogP) is 5.25. The third kappa shape index (κ3) is 3.71. The summed E-state index contributed by atoms with van der Waals surface area (Å²) < 4.78 is 79.3. The maximum atomic E-state index is 13.2. The minimum absolute atomic E-state index is 0.615. The van der Waals surface area contributed by atoms with Crippen LogP contribution in [0.5, 0.6) is 0 Å². The summed E-state index contributed by atoms with van der Waals surface area (Å²) >= 11 is 0. The van der Waals surface area contributed by atoms with Crippen LogP contribution in [0.25, 0.3) is 0 Å². The monoisotopic (exact) mass is 348 g/mol. The Hall–Kier alpha value is -1.08. The van der Waals surface area contributed by atoms with Crippen LogP contribution < -0.4 is 0 Å². The van der Waals surface area contributed by atoms with Gasteiger partial charge in [-0.05, 0) is 25.7 Å². The maximum absolute atomic E-state index is 13.2. The van der Waals surface area contributed by atoms with Gasteiger partial charge in [0.25, 0.3) is 0 Å². The topological polar surface area (TPSA) is 34.1 Å². The van der Waals surface area contributed by atoms with Crippen molar-refractivity contribution in [3.05, 3.63) is 0 Å². The van der Waals surface area contributed by atoms with Crippen molar-refractivity contribution in [2.45, 2.75) is 72.2 Å². The average Bonchev–Trinajstić information content (AvgIpc) is 2.39. The van der Waals surface area contributed by atoms with Crippen molar-refractivity contribution in [1.82, 2.24) is 0 Å². The largest absolute Gasteiger partial charge is 0.401 e. The van der Waals surface area contributed by atoms with E-state index in [2.05, 4.69) is 0 Å². The predicted molar refractivity (Wildman–Crippen MR) is 72.8 cm³/mol. The van der Waals surface area contributed by atoms with E-state index in [1.165, 1.54) is 0 Å². The van der Waals surface area contributed by atoms with E-state index in [-0.39, 0.29) is 0 Å². The summed E-state index contributed by atoms with van der Waals surface area (Å²) in [6.07, 6.45) is -13.6. The summed E-state index contributed by atoms with van der Waals surface area (Å²) in [5.74, 6) is -2.98. The lowest BCUT2D eigenvalue weighted by atomic mass is 9.71. The van der Waals surface area contributed by atoms with Crippen molar-refractivity contribution in [3.63, 3.8) is 0 Å². The molecule has 0 aliphatic carbocycles. The Morgan fingerprint density at radius 2 is 0.826 bits per heavy atom. The summed E-state index contributed by atoms with van der Waals surface area (Å²) in [7, 11) is 0. The molecular weight excluding hydrogens is 326 g/mol. The molecule has 0 radical (unpaired) electrons. The molecule has 0 saturated heterocycles. The van der Waals surface area contributed by atoms with E-state index in [9.17, 15) is 35.9 Å². The van der Waals surface area contributed by atoms with Crippen molar-refractivity contribution in [3.8, 4) is 0 Å². The quantitative estimate of drug-likeness (QED) is 0.443. The van der Waals surface area contributed by atoms with Gasteiger partial charge in [-0.2, -0.15) is 26.3 Å². The van der Waals surface area contributed by atoms with Crippen LogP contribution in [0.3, 0.4) is 0 Å². The molecule has 0 rings (SSSR count). The Morgan fingerprint density at radius 1 is 0.609 bits per heavy atom. The molecule has 0 amide bonds. The van der Waals surface area contributed by atoms with Crippen molar-refractivity contribution >= 4 is 11.6 Å². The summed E-state index contributed by atoms with van der Waals surface area (Å²) in [6, 6.07) is 0. The molecule has 2 nitrogen and oxygen atoms in total. The van der Waals surface area contributed by atoms with E-state index < -0.39 is 66.9 Å². The van der Waals surface area contributed by atoms with E-state index in [1.807, 2.05) is 0 Å². The number of halogens is 6. The van der Waals surface area contributed by atoms with Gasteiger partial charge in [-0.1, -0.05) is 27.7 Å². The van der Waals surface area contributed by atoms with Gasteiger partial charge >= 0.3 is 12.4 Å². The first-order valence-electron chi connectivity index (χ1n) is 7.49. The molecule has 0 spiro atoms. The van der Waals surface area contributed by atoms with Crippen LogP contribution in [-0.4, -0.2) is 23.9 Å².